The molecule has 2 nitrogen and oxygen atoms in total. The minimum absolute atomic E-state index is 0.194. The molecule has 0 bridgehead atoms. The van der Waals surface area contributed by atoms with Crippen molar-refractivity contribution in [1.29, 1.82) is 0 Å². The van der Waals surface area contributed by atoms with Gasteiger partial charge in [0.25, 0.3) is 0 Å². The van der Waals surface area contributed by atoms with Crippen LogP contribution < -0.4 is 0 Å². The van der Waals surface area contributed by atoms with Crippen LogP contribution in [0.3, 0.4) is 0 Å². The predicted octanol–water partition coefficient (Wildman–Crippen LogP) is 2.00. The summed E-state index contributed by atoms with van der Waals surface area (Å²) in [6, 6.07) is 0.728. The van der Waals surface area contributed by atoms with Gasteiger partial charge in [-0.25, -0.2) is 0 Å². The van der Waals surface area contributed by atoms with Crippen molar-refractivity contribution in [1.82, 2.24) is 4.90 Å². The van der Waals surface area contributed by atoms with Crippen molar-refractivity contribution in [3.63, 3.8) is 0 Å². The molecule has 0 aromatic heterocycles. The molecule has 0 aromatic carbocycles. The lowest BCUT2D eigenvalue weighted by molar-refractivity contribution is -0.180. The highest BCUT2D eigenvalue weighted by molar-refractivity contribution is 5.92. The first kappa shape index (κ1) is 9.41. The zero-order valence-electron chi connectivity index (χ0n) is 11.1. The average molecular weight is 231 g/mol. The zero-order valence-corrected chi connectivity index (χ0v) is 11.1. The lowest BCUT2D eigenvalue weighted by Crippen LogP contribution is -2.65. The number of carbonyl (C=O) groups is 1. The summed E-state index contributed by atoms with van der Waals surface area (Å²) in [6.45, 7) is 8.68. The van der Waals surface area contributed by atoms with Crippen molar-refractivity contribution in [2.24, 2.45) is 46.8 Å². The van der Waals surface area contributed by atoms with Gasteiger partial charge in [0, 0.05) is 12.1 Å². The first-order valence-corrected chi connectivity index (χ1v) is 7.37. The standard InChI is InChI=1S/C15H21NO/c1-5(2)16(6(3)4)14(17)15-11-7-8-10(12(8)15)13(15)9(7)11/h5-13H,1-4H3. The molecule has 1 amide bonds. The molecule has 0 heterocycles. The molecule has 6 rings (SSSR count). The number of carbonyl (C=O) groups excluding carboxylic acids is 1. The maximum Gasteiger partial charge on any atom is 0.230 e. The molecule has 92 valence electrons. The first-order chi connectivity index (χ1) is 8.04. The Morgan fingerprint density at radius 2 is 1.29 bits per heavy atom. The number of hydrogen-bond acceptors (Lipinski definition) is 1. The van der Waals surface area contributed by atoms with Crippen LogP contribution in [0.1, 0.15) is 27.7 Å². The molecule has 17 heavy (non-hydrogen) atoms. The maximum atomic E-state index is 13.0. The van der Waals surface area contributed by atoms with E-state index in [4.69, 9.17) is 0 Å². The molecular formula is C15H21NO. The summed E-state index contributed by atoms with van der Waals surface area (Å²) in [5.41, 5.74) is 0.194. The first-order valence-electron chi connectivity index (χ1n) is 7.37. The number of amides is 1. The Morgan fingerprint density at radius 1 is 0.882 bits per heavy atom. The molecule has 6 aliphatic rings. The molecule has 0 spiro atoms. The number of nitrogens with zero attached hydrogens (tertiary/aromatic N) is 1. The van der Waals surface area contributed by atoms with Crippen LogP contribution in [0.4, 0.5) is 0 Å². The summed E-state index contributed by atoms with van der Waals surface area (Å²) in [7, 11) is 0. The van der Waals surface area contributed by atoms with E-state index >= 15 is 0 Å². The highest BCUT2D eigenvalue weighted by atomic mass is 16.2. The molecule has 6 atom stereocenters. The van der Waals surface area contributed by atoms with Crippen LogP contribution in [0.2, 0.25) is 0 Å². The quantitative estimate of drug-likeness (QED) is 0.727. The Hall–Kier alpha value is -0.530. The van der Waals surface area contributed by atoms with Crippen LogP contribution >= 0.6 is 0 Å². The summed E-state index contributed by atoms with van der Waals surface area (Å²) >= 11 is 0. The van der Waals surface area contributed by atoms with E-state index in [0.717, 1.165) is 41.4 Å². The van der Waals surface area contributed by atoms with Gasteiger partial charge >= 0.3 is 0 Å². The highest BCUT2D eigenvalue weighted by Crippen LogP contribution is 3.06. The molecule has 6 fully saturated rings. The van der Waals surface area contributed by atoms with Gasteiger partial charge in [0.05, 0.1) is 5.41 Å². The highest BCUT2D eigenvalue weighted by Gasteiger charge is 3.06. The lowest BCUT2D eigenvalue weighted by atomic mass is 9.47. The van der Waals surface area contributed by atoms with Crippen LogP contribution in [-0.4, -0.2) is 22.9 Å². The van der Waals surface area contributed by atoms with Crippen molar-refractivity contribution in [3.8, 4) is 0 Å². The second-order valence-electron chi connectivity index (χ2n) is 7.72. The topological polar surface area (TPSA) is 20.3 Å². The smallest absolute Gasteiger partial charge is 0.230 e. The van der Waals surface area contributed by atoms with E-state index in [-0.39, 0.29) is 5.41 Å². The van der Waals surface area contributed by atoms with Crippen molar-refractivity contribution in [2.75, 3.05) is 0 Å². The summed E-state index contributed by atoms with van der Waals surface area (Å²) < 4.78 is 0. The second kappa shape index (κ2) is 2.19. The van der Waals surface area contributed by atoms with Crippen molar-refractivity contribution < 1.29 is 4.79 Å². The monoisotopic (exact) mass is 231 g/mol. The third-order valence-corrected chi connectivity index (χ3v) is 6.91. The Morgan fingerprint density at radius 3 is 1.59 bits per heavy atom. The van der Waals surface area contributed by atoms with Crippen LogP contribution in [0, 0.1) is 46.8 Å². The van der Waals surface area contributed by atoms with E-state index < -0.39 is 0 Å². The largest absolute Gasteiger partial charge is 0.337 e. The normalized spacial score (nSPS) is 61.9. The molecule has 0 radical (unpaired) electrons. The summed E-state index contributed by atoms with van der Waals surface area (Å²) in [6.07, 6.45) is 0. The van der Waals surface area contributed by atoms with Gasteiger partial charge in [-0.05, 0) is 69.1 Å². The molecule has 6 aliphatic carbocycles. The van der Waals surface area contributed by atoms with Crippen LogP contribution in [0.25, 0.3) is 0 Å². The lowest BCUT2D eigenvalue weighted by Gasteiger charge is -2.58. The number of rotatable bonds is 3. The molecule has 6 unspecified atom stereocenters. The van der Waals surface area contributed by atoms with E-state index in [9.17, 15) is 4.79 Å². The van der Waals surface area contributed by atoms with Gasteiger partial charge < -0.3 is 4.90 Å². The average Bonchev–Trinajstić information content (AvgIpc) is 3.01. The van der Waals surface area contributed by atoms with Gasteiger partial charge in [-0.1, -0.05) is 0 Å². The van der Waals surface area contributed by atoms with E-state index in [1.807, 2.05) is 0 Å². The van der Waals surface area contributed by atoms with Gasteiger partial charge in [-0.3, -0.25) is 4.79 Å². The van der Waals surface area contributed by atoms with Gasteiger partial charge in [-0.15, -0.1) is 0 Å². The Balaban J connectivity index is 1.52. The van der Waals surface area contributed by atoms with Gasteiger partial charge in [0.15, 0.2) is 0 Å². The molecular weight excluding hydrogens is 210 g/mol. The Bertz CT molecular complexity index is 424. The molecule has 6 saturated carbocycles. The summed E-state index contributed by atoms with van der Waals surface area (Å²) in [5, 5.41) is 0. The summed E-state index contributed by atoms with van der Waals surface area (Å²) in [4.78, 5) is 15.2. The third kappa shape index (κ3) is 0.617. The molecule has 2 heteroatoms. The number of hydrogen-bond donors (Lipinski definition) is 0. The minimum Gasteiger partial charge on any atom is -0.337 e. The van der Waals surface area contributed by atoms with Gasteiger partial charge in [-0.2, -0.15) is 0 Å². The summed E-state index contributed by atoms with van der Waals surface area (Å²) in [5.74, 6) is 7.14. The van der Waals surface area contributed by atoms with Crippen LogP contribution in [0.15, 0.2) is 0 Å². The van der Waals surface area contributed by atoms with E-state index in [2.05, 4.69) is 32.6 Å². The fraction of sp³-hybridized carbons (Fsp3) is 0.933. The predicted molar refractivity (Wildman–Crippen MR) is 64.0 cm³/mol. The van der Waals surface area contributed by atoms with Crippen LogP contribution in [0.5, 0.6) is 0 Å². The van der Waals surface area contributed by atoms with E-state index in [0.29, 0.717) is 18.0 Å². The van der Waals surface area contributed by atoms with Gasteiger partial charge in [0.1, 0.15) is 0 Å². The SMILES string of the molecule is CC(C)N(C(=O)C12C3C4C5C(C51)C2C43)C(C)C. The van der Waals surface area contributed by atoms with Crippen LogP contribution in [-0.2, 0) is 4.79 Å². The van der Waals surface area contributed by atoms with Crippen molar-refractivity contribution >= 4 is 5.91 Å². The van der Waals surface area contributed by atoms with Crippen molar-refractivity contribution in [2.45, 2.75) is 39.8 Å². The molecule has 0 saturated heterocycles. The molecule has 0 aliphatic heterocycles. The minimum atomic E-state index is 0.194. The fourth-order valence-electron chi connectivity index (χ4n) is 6.95. The fourth-order valence-corrected chi connectivity index (χ4v) is 6.95. The Kier molecular flexibility index (Phi) is 1.21. The second-order valence-corrected chi connectivity index (χ2v) is 7.72. The third-order valence-electron chi connectivity index (χ3n) is 6.91. The zero-order chi connectivity index (χ0) is 11.9. The molecule has 0 N–H and O–H groups in total. The van der Waals surface area contributed by atoms with E-state index in [1.54, 1.807) is 0 Å². The van der Waals surface area contributed by atoms with Gasteiger partial charge in [0.2, 0.25) is 5.91 Å². The molecule has 0 aromatic rings. The van der Waals surface area contributed by atoms with E-state index in [1.165, 1.54) is 0 Å². The maximum absolute atomic E-state index is 13.0. The Labute approximate surface area is 103 Å². The van der Waals surface area contributed by atoms with Crippen molar-refractivity contribution in [3.05, 3.63) is 0 Å².